The molecule has 1 unspecified atom stereocenters. The monoisotopic (exact) mass is 237 g/mol. The number of nitriles is 1. The highest BCUT2D eigenvalue weighted by Gasteiger charge is 2.10. The summed E-state index contributed by atoms with van der Waals surface area (Å²) in [6, 6.07) is 7.68. The van der Waals surface area contributed by atoms with Gasteiger partial charge < -0.3 is 11.1 Å². The number of anilines is 1. The number of nitrogens with one attached hydrogen (secondary N) is 1. The van der Waals surface area contributed by atoms with Gasteiger partial charge in [-0.3, -0.25) is 0 Å². The molecule has 0 bridgehead atoms. The zero-order valence-electron chi connectivity index (χ0n) is 9.33. The summed E-state index contributed by atoms with van der Waals surface area (Å²) in [7, 11) is 0. The van der Waals surface area contributed by atoms with Crippen molar-refractivity contribution in [1.29, 1.82) is 5.26 Å². The van der Waals surface area contributed by atoms with Crippen LogP contribution >= 0.6 is 11.6 Å². The molecule has 0 amide bonds. The normalized spacial score (nSPS) is 11.9. The zero-order valence-corrected chi connectivity index (χ0v) is 10.1. The third kappa shape index (κ3) is 3.13. The van der Waals surface area contributed by atoms with E-state index in [1.807, 2.05) is 12.1 Å². The molecule has 1 rings (SSSR count). The van der Waals surface area contributed by atoms with E-state index >= 15 is 0 Å². The summed E-state index contributed by atoms with van der Waals surface area (Å²) in [6.45, 7) is 2.65. The Morgan fingerprint density at radius 1 is 1.56 bits per heavy atom. The van der Waals surface area contributed by atoms with Gasteiger partial charge in [-0.25, -0.2) is 0 Å². The molecule has 0 aliphatic carbocycles. The molecule has 4 heteroatoms. The van der Waals surface area contributed by atoms with Gasteiger partial charge >= 0.3 is 0 Å². The lowest BCUT2D eigenvalue weighted by molar-refractivity contribution is 0.648. The lowest BCUT2D eigenvalue weighted by Gasteiger charge is -2.18. The van der Waals surface area contributed by atoms with Gasteiger partial charge in [0, 0.05) is 12.6 Å². The number of halogens is 1. The van der Waals surface area contributed by atoms with Crippen molar-refractivity contribution in [2.24, 2.45) is 5.73 Å². The number of benzene rings is 1. The van der Waals surface area contributed by atoms with Gasteiger partial charge in [0.25, 0.3) is 0 Å². The lowest BCUT2D eigenvalue weighted by atomic mass is 10.1. The first kappa shape index (κ1) is 12.8. The van der Waals surface area contributed by atoms with E-state index in [2.05, 4.69) is 18.3 Å². The number of rotatable bonds is 5. The standard InChI is InChI=1S/C12H16ClN3/c1-2-4-9(7-14)16-12-6-3-5-11(13)10(12)8-15/h3,5-6,9,16H,2,4,7,14H2,1H3. The van der Waals surface area contributed by atoms with E-state index in [-0.39, 0.29) is 6.04 Å². The highest BCUT2D eigenvalue weighted by atomic mass is 35.5. The van der Waals surface area contributed by atoms with E-state index < -0.39 is 0 Å². The van der Waals surface area contributed by atoms with Crippen molar-refractivity contribution in [3.8, 4) is 6.07 Å². The Morgan fingerprint density at radius 2 is 2.31 bits per heavy atom. The second kappa shape index (κ2) is 6.37. The fourth-order valence-electron chi connectivity index (χ4n) is 1.58. The molecule has 0 aromatic heterocycles. The van der Waals surface area contributed by atoms with Gasteiger partial charge in [-0.05, 0) is 18.6 Å². The maximum atomic E-state index is 9.01. The van der Waals surface area contributed by atoms with Crippen LogP contribution in [0.15, 0.2) is 18.2 Å². The fraction of sp³-hybridized carbons (Fsp3) is 0.417. The molecule has 0 heterocycles. The lowest BCUT2D eigenvalue weighted by Crippen LogP contribution is -2.28. The van der Waals surface area contributed by atoms with Crippen LogP contribution in [0, 0.1) is 11.3 Å². The quantitative estimate of drug-likeness (QED) is 0.828. The van der Waals surface area contributed by atoms with Crippen LogP contribution in [0.5, 0.6) is 0 Å². The Kier molecular flexibility index (Phi) is 5.10. The maximum Gasteiger partial charge on any atom is 0.103 e. The molecule has 0 fully saturated rings. The smallest absolute Gasteiger partial charge is 0.103 e. The van der Waals surface area contributed by atoms with E-state index in [4.69, 9.17) is 22.6 Å². The fourth-order valence-corrected chi connectivity index (χ4v) is 1.79. The van der Waals surface area contributed by atoms with Crippen LogP contribution in [0.1, 0.15) is 25.3 Å². The Hall–Kier alpha value is -1.24. The molecule has 0 radical (unpaired) electrons. The van der Waals surface area contributed by atoms with Gasteiger partial charge in [-0.1, -0.05) is 31.0 Å². The first-order chi connectivity index (χ1) is 7.72. The van der Waals surface area contributed by atoms with Gasteiger partial charge in [-0.15, -0.1) is 0 Å². The summed E-state index contributed by atoms with van der Waals surface area (Å²) in [5, 5.41) is 12.7. The van der Waals surface area contributed by atoms with Crippen LogP contribution in [0.3, 0.4) is 0 Å². The zero-order chi connectivity index (χ0) is 12.0. The van der Waals surface area contributed by atoms with E-state index in [0.29, 0.717) is 17.1 Å². The van der Waals surface area contributed by atoms with Gasteiger partial charge in [-0.2, -0.15) is 5.26 Å². The molecule has 1 atom stereocenters. The molecule has 0 saturated carbocycles. The van der Waals surface area contributed by atoms with Crippen molar-refractivity contribution in [2.75, 3.05) is 11.9 Å². The highest BCUT2D eigenvalue weighted by molar-refractivity contribution is 6.32. The van der Waals surface area contributed by atoms with Gasteiger partial charge in [0.05, 0.1) is 16.3 Å². The van der Waals surface area contributed by atoms with E-state index in [0.717, 1.165) is 18.5 Å². The molecule has 3 N–H and O–H groups in total. The minimum Gasteiger partial charge on any atom is -0.380 e. The highest BCUT2D eigenvalue weighted by Crippen LogP contribution is 2.24. The molecule has 16 heavy (non-hydrogen) atoms. The SMILES string of the molecule is CCCC(CN)Nc1cccc(Cl)c1C#N. The molecule has 86 valence electrons. The van der Waals surface area contributed by atoms with Gasteiger partial charge in [0.15, 0.2) is 0 Å². The molecule has 1 aromatic carbocycles. The van der Waals surface area contributed by atoms with Crippen LogP contribution < -0.4 is 11.1 Å². The maximum absolute atomic E-state index is 9.01. The van der Waals surface area contributed by atoms with Gasteiger partial charge in [0.1, 0.15) is 6.07 Å². The third-order valence-corrected chi connectivity index (χ3v) is 2.72. The van der Waals surface area contributed by atoms with Crippen molar-refractivity contribution < 1.29 is 0 Å². The molecule has 0 saturated heterocycles. The molecule has 3 nitrogen and oxygen atoms in total. The average Bonchev–Trinajstić information content (AvgIpc) is 2.28. The summed E-state index contributed by atoms with van der Waals surface area (Å²) in [4.78, 5) is 0. The summed E-state index contributed by atoms with van der Waals surface area (Å²) in [5.74, 6) is 0. The Balaban J connectivity index is 2.88. The third-order valence-electron chi connectivity index (χ3n) is 2.41. The number of nitrogens with two attached hydrogens (primary N) is 1. The molecular formula is C12H16ClN3. The van der Waals surface area contributed by atoms with Crippen molar-refractivity contribution in [3.63, 3.8) is 0 Å². The minimum atomic E-state index is 0.190. The topological polar surface area (TPSA) is 61.8 Å². The van der Waals surface area contributed by atoms with E-state index in [9.17, 15) is 0 Å². The van der Waals surface area contributed by atoms with Crippen molar-refractivity contribution >= 4 is 17.3 Å². The van der Waals surface area contributed by atoms with E-state index in [1.165, 1.54) is 0 Å². The van der Waals surface area contributed by atoms with Crippen LogP contribution in [0.4, 0.5) is 5.69 Å². The van der Waals surface area contributed by atoms with Gasteiger partial charge in [0.2, 0.25) is 0 Å². The van der Waals surface area contributed by atoms with Crippen molar-refractivity contribution in [2.45, 2.75) is 25.8 Å². The Bertz CT molecular complexity index is 384. The van der Waals surface area contributed by atoms with E-state index in [1.54, 1.807) is 6.07 Å². The van der Waals surface area contributed by atoms with Crippen LogP contribution in [-0.4, -0.2) is 12.6 Å². The van der Waals surface area contributed by atoms with Crippen LogP contribution in [-0.2, 0) is 0 Å². The largest absolute Gasteiger partial charge is 0.380 e. The summed E-state index contributed by atoms with van der Waals surface area (Å²) >= 11 is 5.94. The second-order valence-electron chi connectivity index (χ2n) is 3.64. The first-order valence-electron chi connectivity index (χ1n) is 5.38. The molecule has 1 aromatic rings. The molecule has 0 aliphatic rings. The average molecular weight is 238 g/mol. The summed E-state index contributed by atoms with van der Waals surface area (Å²) in [6.07, 6.45) is 2.03. The van der Waals surface area contributed by atoms with Crippen LogP contribution in [0.2, 0.25) is 5.02 Å². The predicted octanol–water partition coefficient (Wildman–Crippen LogP) is 2.75. The van der Waals surface area contributed by atoms with Crippen molar-refractivity contribution in [3.05, 3.63) is 28.8 Å². The molecule has 0 spiro atoms. The Morgan fingerprint density at radius 3 is 2.88 bits per heavy atom. The number of hydrogen-bond acceptors (Lipinski definition) is 3. The minimum absolute atomic E-state index is 0.190. The summed E-state index contributed by atoms with van der Waals surface area (Å²) in [5.41, 5.74) is 6.91. The second-order valence-corrected chi connectivity index (χ2v) is 4.05. The number of nitrogens with zero attached hydrogens (tertiary/aromatic N) is 1. The number of hydrogen-bond donors (Lipinski definition) is 2. The molecular weight excluding hydrogens is 222 g/mol. The molecule has 0 aliphatic heterocycles. The summed E-state index contributed by atoms with van der Waals surface area (Å²) < 4.78 is 0. The van der Waals surface area contributed by atoms with Crippen LogP contribution in [0.25, 0.3) is 0 Å². The Labute approximate surface area is 101 Å². The predicted molar refractivity (Wildman–Crippen MR) is 67.5 cm³/mol. The first-order valence-corrected chi connectivity index (χ1v) is 5.76. The van der Waals surface area contributed by atoms with Crippen molar-refractivity contribution in [1.82, 2.24) is 0 Å².